The van der Waals surface area contributed by atoms with Crippen LogP contribution < -0.4 is 10.6 Å². The summed E-state index contributed by atoms with van der Waals surface area (Å²) in [6.45, 7) is -0.498. The van der Waals surface area contributed by atoms with Gasteiger partial charge in [0.2, 0.25) is 6.23 Å². The number of aliphatic hydroxyl groups is 2. The van der Waals surface area contributed by atoms with Crippen LogP contribution in [0.4, 0.5) is 19.4 Å². The number of nitrogens with zero attached hydrogens (tertiary/aromatic N) is 3. The van der Waals surface area contributed by atoms with Crippen LogP contribution in [-0.2, 0) is 9.47 Å². The topological polar surface area (TPSA) is 114 Å². The van der Waals surface area contributed by atoms with Gasteiger partial charge >= 0.3 is 17.7 Å². The number of anilines is 1. The maximum absolute atomic E-state index is 14.0. The number of alkyl halides is 2. The Kier molecular flexibility index (Phi) is 3.78. The highest BCUT2D eigenvalue weighted by molar-refractivity contribution is 5.87. The number of hydrogen-bond acceptors (Lipinski definition) is 7. The molecule has 1 aromatic rings. The molecule has 1 amide bonds. The molecule has 2 N–H and O–H groups in total. The van der Waals surface area contributed by atoms with Gasteiger partial charge in [-0.25, -0.2) is 9.59 Å². The lowest BCUT2D eigenvalue weighted by molar-refractivity contribution is -0.140. The van der Waals surface area contributed by atoms with Gasteiger partial charge in [-0.2, -0.15) is 13.8 Å². The third kappa shape index (κ3) is 2.46. The molecule has 0 aliphatic carbocycles. The number of cyclic esters (lactones) is 1. The molecule has 3 rings (SSSR count). The molecule has 2 saturated heterocycles. The van der Waals surface area contributed by atoms with E-state index in [4.69, 9.17) is 14.6 Å². The second-order valence-electron chi connectivity index (χ2n) is 5.07. The van der Waals surface area contributed by atoms with Crippen LogP contribution in [0.2, 0.25) is 0 Å². The van der Waals surface area contributed by atoms with Gasteiger partial charge in [-0.05, 0) is 6.07 Å². The zero-order valence-electron chi connectivity index (χ0n) is 11.6. The molecular formula is C12H13F2N3O6. The van der Waals surface area contributed by atoms with E-state index < -0.39 is 42.7 Å². The van der Waals surface area contributed by atoms with Gasteiger partial charge in [0.1, 0.15) is 18.5 Å². The second-order valence-corrected chi connectivity index (χ2v) is 5.07. The molecule has 0 saturated carbocycles. The first-order chi connectivity index (χ1) is 10.9. The molecular weight excluding hydrogens is 320 g/mol. The van der Waals surface area contributed by atoms with E-state index in [-0.39, 0.29) is 19.0 Å². The Balaban J connectivity index is 1.92. The predicted octanol–water partition coefficient (Wildman–Crippen LogP) is -0.914. The summed E-state index contributed by atoms with van der Waals surface area (Å²) in [5, 5.41) is 18.4. The van der Waals surface area contributed by atoms with Crippen LogP contribution in [0, 0.1) is 0 Å². The van der Waals surface area contributed by atoms with Crippen LogP contribution in [0.15, 0.2) is 17.1 Å². The number of carbonyl (C=O) groups is 1. The summed E-state index contributed by atoms with van der Waals surface area (Å²) >= 11 is 0. The molecule has 2 aliphatic heterocycles. The molecule has 2 aliphatic rings. The lowest BCUT2D eigenvalue weighted by Crippen LogP contribution is -2.42. The zero-order chi connectivity index (χ0) is 16.8. The van der Waals surface area contributed by atoms with Crippen LogP contribution >= 0.6 is 0 Å². The number of carbonyl (C=O) groups excluding carboxylic acids is 1. The monoisotopic (exact) mass is 333 g/mol. The highest BCUT2D eigenvalue weighted by Crippen LogP contribution is 2.42. The molecule has 23 heavy (non-hydrogen) atoms. The quantitative estimate of drug-likeness (QED) is 0.736. The Morgan fingerprint density at radius 3 is 2.70 bits per heavy atom. The van der Waals surface area contributed by atoms with Crippen molar-refractivity contribution < 1.29 is 33.3 Å². The minimum Gasteiger partial charge on any atom is -0.447 e. The molecule has 0 bridgehead atoms. The molecule has 0 radical (unpaired) electrons. The fourth-order valence-corrected chi connectivity index (χ4v) is 2.45. The summed E-state index contributed by atoms with van der Waals surface area (Å²) in [6, 6.07) is 1.19. The Bertz CT molecular complexity index is 681. The summed E-state index contributed by atoms with van der Waals surface area (Å²) in [7, 11) is 0. The first kappa shape index (κ1) is 15.8. The van der Waals surface area contributed by atoms with Crippen molar-refractivity contribution in [2.45, 2.75) is 24.4 Å². The molecule has 0 aromatic carbocycles. The van der Waals surface area contributed by atoms with Crippen molar-refractivity contribution in [2.24, 2.45) is 0 Å². The molecule has 3 unspecified atom stereocenters. The molecule has 1 aromatic heterocycles. The fourth-order valence-electron chi connectivity index (χ4n) is 2.45. The highest BCUT2D eigenvalue weighted by atomic mass is 19.3. The Morgan fingerprint density at radius 1 is 1.43 bits per heavy atom. The lowest BCUT2D eigenvalue weighted by atomic mass is 10.1. The number of halogens is 2. The minimum atomic E-state index is -3.78. The van der Waals surface area contributed by atoms with Gasteiger partial charge in [0.05, 0.1) is 13.2 Å². The Morgan fingerprint density at radius 2 is 2.17 bits per heavy atom. The average molecular weight is 333 g/mol. The third-order valence-corrected chi connectivity index (χ3v) is 3.66. The van der Waals surface area contributed by atoms with Gasteiger partial charge in [0.15, 0.2) is 6.10 Å². The van der Waals surface area contributed by atoms with Crippen molar-refractivity contribution in [2.75, 3.05) is 24.7 Å². The van der Waals surface area contributed by atoms with E-state index in [1.807, 2.05) is 0 Å². The predicted molar refractivity (Wildman–Crippen MR) is 69.1 cm³/mol. The van der Waals surface area contributed by atoms with Crippen molar-refractivity contribution >= 4 is 11.9 Å². The average Bonchev–Trinajstić information content (AvgIpc) is 3.02. The van der Waals surface area contributed by atoms with E-state index in [0.717, 1.165) is 11.1 Å². The number of aromatic nitrogens is 2. The van der Waals surface area contributed by atoms with Crippen LogP contribution in [-0.4, -0.2) is 63.7 Å². The number of rotatable bonds is 3. The summed E-state index contributed by atoms with van der Waals surface area (Å²) < 4.78 is 38.1. The number of amides is 1. The van der Waals surface area contributed by atoms with Crippen LogP contribution in [0.5, 0.6) is 0 Å². The van der Waals surface area contributed by atoms with Crippen molar-refractivity contribution in [3.63, 3.8) is 0 Å². The molecule has 3 atom stereocenters. The van der Waals surface area contributed by atoms with E-state index >= 15 is 0 Å². The summed E-state index contributed by atoms with van der Waals surface area (Å²) in [5.74, 6) is -3.82. The maximum atomic E-state index is 14.0. The van der Waals surface area contributed by atoms with Gasteiger partial charge in [-0.1, -0.05) is 0 Å². The normalized spacial score (nSPS) is 29.8. The molecule has 9 nitrogen and oxygen atoms in total. The summed E-state index contributed by atoms with van der Waals surface area (Å²) in [5.41, 5.74) is -1.09. The first-order valence-electron chi connectivity index (χ1n) is 6.72. The van der Waals surface area contributed by atoms with Gasteiger partial charge < -0.3 is 19.7 Å². The van der Waals surface area contributed by atoms with Gasteiger partial charge in [0.25, 0.3) is 0 Å². The van der Waals surface area contributed by atoms with Gasteiger partial charge in [0, 0.05) is 6.20 Å². The van der Waals surface area contributed by atoms with Crippen molar-refractivity contribution in [1.29, 1.82) is 0 Å². The summed E-state index contributed by atoms with van der Waals surface area (Å²) in [6.07, 6.45) is -5.57. The van der Waals surface area contributed by atoms with Crippen LogP contribution in [0.1, 0.15) is 6.23 Å². The third-order valence-electron chi connectivity index (χ3n) is 3.66. The van der Waals surface area contributed by atoms with Crippen molar-refractivity contribution in [3.05, 3.63) is 22.7 Å². The Labute approximate surface area is 127 Å². The largest absolute Gasteiger partial charge is 0.447 e. The van der Waals surface area contributed by atoms with Crippen LogP contribution in [0.25, 0.3) is 0 Å². The minimum absolute atomic E-state index is 0.0330. The SMILES string of the molecule is O=C1OCCN1c1ccn(C2OC(CO)C(O)C2(F)F)c(=O)n1. The second kappa shape index (κ2) is 5.51. The van der Waals surface area contributed by atoms with E-state index in [1.54, 1.807) is 0 Å². The number of hydrogen-bond donors (Lipinski definition) is 2. The Hall–Kier alpha value is -2.11. The van der Waals surface area contributed by atoms with E-state index in [0.29, 0.717) is 4.57 Å². The molecule has 0 spiro atoms. The standard InChI is InChI=1S/C12H13F2N3O6/c13-12(14)8(19)6(5-18)23-9(12)17-2-1-7(15-10(17)20)16-3-4-22-11(16)21/h1-2,6,8-9,18-19H,3-5H2. The molecule has 3 heterocycles. The van der Waals surface area contributed by atoms with Crippen molar-refractivity contribution in [3.8, 4) is 0 Å². The van der Waals surface area contributed by atoms with E-state index in [1.165, 1.54) is 6.07 Å². The summed E-state index contributed by atoms with van der Waals surface area (Å²) in [4.78, 5) is 28.1. The molecule has 2 fully saturated rings. The van der Waals surface area contributed by atoms with E-state index in [2.05, 4.69) is 4.98 Å². The van der Waals surface area contributed by atoms with Crippen LogP contribution in [0.3, 0.4) is 0 Å². The fraction of sp³-hybridized carbons (Fsp3) is 0.583. The smallest absolute Gasteiger partial charge is 0.415 e. The van der Waals surface area contributed by atoms with Gasteiger partial charge in [-0.15, -0.1) is 0 Å². The van der Waals surface area contributed by atoms with E-state index in [9.17, 15) is 23.5 Å². The highest BCUT2D eigenvalue weighted by Gasteiger charge is 2.59. The number of ether oxygens (including phenoxy) is 2. The maximum Gasteiger partial charge on any atom is 0.415 e. The molecule has 126 valence electrons. The lowest BCUT2D eigenvalue weighted by Gasteiger charge is -2.21. The first-order valence-corrected chi connectivity index (χ1v) is 6.72. The van der Waals surface area contributed by atoms with Crippen molar-refractivity contribution in [1.82, 2.24) is 9.55 Å². The zero-order valence-corrected chi connectivity index (χ0v) is 11.6. The number of aliphatic hydroxyl groups excluding tert-OH is 2. The molecule has 11 heteroatoms. The van der Waals surface area contributed by atoms with Gasteiger partial charge in [-0.3, -0.25) is 9.47 Å².